The second-order valence-electron chi connectivity index (χ2n) is 4.94. The number of furan rings is 1. The van der Waals surface area contributed by atoms with E-state index in [9.17, 15) is 0 Å². The average Bonchev–Trinajstić information content (AvgIpc) is 2.68. The van der Waals surface area contributed by atoms with Crippen LogP contribution in [0.1, 0.15) is 73.6 Å². The summed E-state index contributed by atoms with van der Waals surface area (Å²) in [6.45, 7) is 20.9. The van der Waals surface area contributed by atoms with Crippen LogP contribution >= 0.6 is 0 Å². The van der Waals surface area contributed by atoms with Crippen molar-refractivity contribution in [2.24, 2.45) is 5.41 Å². The first-order chi connectivity index (χ1) is 7.83. The van der Waals surface area contributed by atoms with Gasteiger partial charge in [-0.05, 0) is 24.0 Å². The molecule has 0 spiro atoms. The molecule has 1 aromatic heterocycles. The molecule has 0 aliphatic carbocycles. The molecule has 0 unspecified atom stereocenters. The van der Waals surface area contributed by atoms with E-state index in [2.05, 4.69) is 40.7 Å². The normalized spacial score (nSPS) is 8.82. The molecule has 1 heteroatoms. The largest absolute Gasteiger partial charge is 0.469 e. The van der Waals surface area contributed by atoms with Gasteiger partial charge < -0.3 is 4.42 Å². The van der Waals surface area contributed by atoms with Crippen molar-refractivity contribution in [3.8, 4) is 0 Å². The van der Waals surface area contributed by atoms with Gasteiger partial charge in [0.15, 0.2) is 0 Å². The third-order valence-electron chi connectivity index (χ3n) is 1.13. The predicted octanol–water partition coefficient (Wildman–Crippen LogP) is 6.26. The molecule has 17 heavy (non-hydrogen) atoms. The Kier molecular flexibility index (Phi) is 16.9. The minimum Gasteiger partial charge on any atom is -0.469 e. The molecule has 0 saturated heterocycles. The van der Waals surface area contributed by atoms with Crippen LogP contribution in [0.3, 0.4) is 0 Å². The van der Waals surface area contributed by atoms with Crippen molar-refractivity contribution in [2.75, 3.05) is 0 Å². The molecule has 0 aliphatic heterocycles. The summed E-state index contributed by atoms with van der Waals surface area (Å²) in [6, 6.07) is 2.06. The highest BCUT2D eigenvalue weighted by Gasteiger charge is 1.95. The third-order valence-corrected chi connectivity index (χ3v) is 1.13. The van der Waals surface area contributed by atoms with Crippen LogP contribution in [0.5, 0.6) is 0 Å². The summed E-state index contributed by atoms with van der Waals surface area (Å²) in [5.74, 6) is 1.07. The highest BCUT2D eigenvalue weighted by atomic mass is 16.3. The van der Waals surface area contributed by atoms with E-state index in [1.165, 1.54) is 5.56 Å². The molecule has 0 aromatic carbocycles. The van der Waals surface area contributed by atoms with Crippen LogP contribution in [0.2, 0.25) is 0 Å². The summed E-state index contributed by atoms with van der Waals surface area (Å²) in [5.41, 5.74) is 1.71. The van der Waals surface area contributed by atoms with Crippen molar-refractivity contribution in [1.29, 1.82) is 0 Å². The molecule has 1 heterocycles. The van der Waals surface area contributed by atoms with E-state index in [0.29, 0.717) is 5.41 Å². The standard InChI is InChI=1S/C7H10O.C5H12.2C2H6/c1-3-7-4-6(2)5-8-7;1-5(2,3)4;2*1-2/h4-5H,3H2,1-2H3;1-4H3;2*1-2H3. The fourth-order valence-corrected chi connectivity index (χ4v) is 0.676. The molecule has 1 rings (SSSR count). The van der Waals surface area contributed by atoms with Gasteiger partial charge in [-0.15, -0.1) is 0 Å². The molecule has 1 aromatic rings. The minimum absolute atomic E-state index is 0.500. The monoisotopic (exact) mass is 242 g/mol. The minimum atomic E-state index is 0.500. The number of rotatable bonds is 1. The average molecular weight is 242 g/mol. The Bertz CT molecular complexity index is 222. The maximum Gasteiger partial charge on any atom is 0.103 e. The van der Waals surface area contributed by atoms with E-state index in [1.54, 1.807) is 6.26 Å². The van der Waals surface area contributed by atoms with Gasteiger partial charge in [-0.1, -0.05) is 62.3 Å². The lowest BCUT2D eigenvalue weighted by molar-refractivity contribution is 0.469. The fourth-order valence-electron chi connectivity index (χ4n) is 0.676. The Morgan fingerprint density at radius 3 is 1.47 bits per heavy atom. The van der Waals surface area contributed by atoms with E-state index in [0.717, 1.165) is 12.2 Å². The zero-order chi connectivity index (χ0) is 14.5. The lowest BCUT2D eigenvalue weighted by Gasteiger charge is -2.05. The smallest absolute Gasteiger partial charge is 0.103 e. The highest BCUT2D eigenvalue weighted by molar-refractivity contribution is 5.09. The molecule has 1 nitrogen and oxygen atoms in total. The summed E-state index contributed by atoms with van der Waals surface area (Å²) < 4.78 is 5.11. The summed E-state index contributed by atoms with van der Waals surface area (Å²) in [5, 5.41) is 0. The van der Waals surface area contributed by atoms with Crippen LogP contribution in [0.15, 0.2) is 16.7 Å². The number of hydrogen-bond donors (Lipinski definition) is 0. The van der Waals surface area contributed by atoms with Gasteiger partial charge in [0.2, 0.25) is 0 Å². The summed E-state index contributed by atoms with van der Waals surface area (Å²) in [7, 11) is 0. The summed E-state index contributed by atoms with van der Waals surface area (Å²) >= 11 is 0. The molecule has 104 valence electrons. The van der Waals surface area contributed by atoms with Gasteiger partial charge in [0.25, 0.3) is 0 Å². The molecule has 0 amide bonds. The zero-order valence-electron chi connectivity index (χ0n) is 13.8. The first-order valence-corrected chi connectivity index (χ1v) is 6.87. The molecular weight excluding hydrogens is 208 g/mol. The van der Waals surface area contributed by atoms with Gasteiger partial charge in [0.1, 0.15) is 5.76 Å². The van der Waals surface area contributed by atoms with Crippen LogP contribution in [0.4, 0.5) is 0 Å². The predicted molar refractivity (Wildman–Crippen MR) is 80.6 cm³/mol. The zero-order valence-corrected chi connectivity index (χ0v) is 13.8. The van der Waals surface area contributed by atoms with Crippen LogP contribution < -0.4 is 0 Å². The molecule has 0 fully saturated rings. The van der Waals surface area contributed by atoms with Crippen molar-refractivity contribution >= 4 is 0 Å². The Morgan fingerprint density at radius 1 is 1.00 bits per heavy atom. The van der Waals surface area contributed by atoms with E-state index in [-0.39, 0.29) is 0 Å². The van der Waals surface area contributed by atoms with Gasteiger partial charge in [-0.25, -0.2) is 0 Å². The number of hydrogen-bond acceptors (Lipinski definition) is 1. The van der Waals surface area contributed by atoms with E-state index in [1.807, 2.05) is 34.6 Å². The van der Waals surface area contributed by atoms with E-state index in [4.69, 9.17) is 4.42 Å². The topological polar surface area (TPSA) is 13.1 Å². The molecule has 0 bridgehead atoms. The second-order valence-corrected chi connectivity index (χ2v) is 4.94. The molecule has 0 N–H and O–H groups in total. The Hall–Kier alpha value is -0.720. The summed E-state index contributed by atoms with van der Waals surface area (Å²) in [6.07, 6.45) is 2.77. The van der Waals surface area contributed by atoms with Gasteiger partial charge in [0.05, 0.1) is 6.26 Å². The molecule has 0 atom stereocenters. The molecule has 0 saturated carbocycles. The van der Waals surface area contributed by atoms with Crippen LogP contribution in [-0.4, -0.2) is 0 Å². The van der Waals surface area contributed by atoms with Gasteiger partial charge in [-0.3, -0.25) is 0 Å². The SMILES string of the molecule is CC.CC.CC(C)(C)C.CCc1cc(C)co1. The number of aryl methyl sites for hydroxylation is 2. The van der Waals surface area contributed by atoms with Gasteiger partial charge >= 0.3 is 0 Å². The Balaban J connectivity index is -0.000000190. The quantitative estimate of drug-likeness (QED) is 0.567. The van der Waals surface area contributed by atoms with E-state index >= 15 is 0 Å². The first kappa shape index (κ1) is 21.6. The first-order valence-electron chi connectivity index (χ1n) is 6.87. The maximum atomic E-state index is 5.11. The Morgan fingerprint density at radius 2 is 1.35 bits per heavy atom. The lowest BCUT2D eigenvalue weighted by atomic mass is 10.0. The Labute approximate surface area is 110 Å². The summed E-state index contributed by atoms with van der Waals surface area (Å²) in [4.78, 5) is 0. The fraction of sp³-hybridized carbons (Fsp3) is 0.750. The highest BCUT2D eigenvalue weighted by Crippen LogP contribution is 2.08. The van der Waals surface area contributed by atoms with Crippen molar-refractivity contribution in [1.82, 2.24) is 0 Å². The van der Waals surface area contributed by atoms with Gasteiger partial charge in [-0.2, -0.15) is 0 Å². The van der Waals surface area contributed by atoms with Crippen LogP contribution in [0, 0.1) is 12.3 Å². The molecule has 0 aliphatic rings. The molecule has 0 radical (unpaired) electrons. The third kappa shape index (κ3) is 25.5. The van der Waals surface area contributed by atoms with Crippen LogP contribution in [-0.2, 0) is 6.42 Å². The lowest BCUT2D eigenvalue weighted by Crippen LogP contribution is -1.93. The van der Waals surface area contributed by atoms with Gasteiger partial charge in [0, 0.05) is 6.42 Å². The van der Waals surface area contributed by atoms with Crippen molar-refractivity contribution < 1.29 is 4.42 Å². The van der Waals surface area contributed by atoms with E-state index < -0.39 is 0 Å². The van der Waals surface area contributed by atoms with Crippen molar-refractivity contribution in [3.63, 3.8) is 0 Å². The second kappa shape index (κ2) is 13.3. The van der Waals surface area contributed by atoms with Crippen molar-refractivity contribution in [3.05, 3.63) is 23.7 Å². The van der Waals surface area contributed by atoms with Crippen LogP contribution in [0.25, 0.3) is 0 Å². The molecular formula is C16H34O. The van der Waals surface area contributed by atoms with Crippen molar-refractivity contribution in [2.45, 2.75) is 75.7 Å². The maximum absolute atomic E-state index is 5.11.